The summed E-state index contributed by atoms with van der Waals surface area (Å²) in [5.74, 6) is 1.35. The van der Waals surface area contributed by atoms with E-state index in [1.165, 1.54) is 5.56 Å². The summed E-state index contributed by atoms with van der Waals surface area (Å²) in [5, 5.41) is 0. The van der Waals surface area contributed by atoms with E-state index >= 15 is 0 Å². The molecule has 0 N–H and O–H groups in total. The fourth-order valence-electron chi connectivity index (χ4n) is 1.98. The van der Waals surface area contributed by atoms with Gasteiger partial charge in [-0.1, -0.05) is 19.1 Å². The van der Waals surface area contributed by atoms with E-state index in [1.807, 2.05) is 24.3 Å². The van der Waals surface area contributed by atoms with E-state index in [0.29, 0.717) is 24.7 Å². The Balaban J connectivity index is 1.70. The molecule has 0 bridgehead atoms. The monoisotopic (exact) mass is 236 g/mol. The molecule has 0 aromatic heterocycles. The van der Waals surface area contributed by atoms with Crippen LogP contribution in [0.4, 0.5) is 0 Å². The number of epoxide rings is 1. The third kappa shape index (κ3) is 3.45. The van der Waals surface area contributed by atoms with Crippen LogP contribution in [0, 0.1) is 5.92 Å². The van der Waals surface area contributed by atoms with Crippen molar-refractivity contribution in [1.29, 1.82) is 0 Å². The molecular weight excluding hydrogens is 216 g/mol. The van der Waals surface area contributed by atoms with Gasteiger partial charge in [-0.15, -0.1) is 0 Å². The Kier molecular flexibility index (Phi) is 4.02. The van der Waals surface area contributed by atoms with Crippen LogP contribution in [0.1, 0.15) is 19.4 Å². The molecule has 1 aliphatic heterocycles. The first-order valence-electron chi connectivity index (χ1n) is 6.07. The second kappa shape index (κ2) is 5.52. The van der Waals surface area contributed by atoms with Crippen molar-refractivity contribution >= 4 is 0 Å². The lowest BCUT2D eigenvalue weighted by molar-refractivity contribution is 0.0824. The SMILES string of the molecule is COc1ccc(COCC(C)[C@@H]2O[C@H]2C)cc1. The highest BCUT2D eigenvalue weighted by Crippen LogP contribution is 2.28. The number of hydrogen-bond donors (Lipinski definition) is 0. The minimum Gasteiger partial charge on any atom is -0.497 e. The fraction of sp³-hybridized carbons (Fsp3) is 0.571. The van der Waals surface area contributed by atoms with Gasteiger partial charge in [-0.3, -0.25) is 0 Å². The smallest absolute Gasteiger partial charge is 0.118 e. The van der Waals surface area contributed by atoms with Crippen LogP contribution in [0.5, 0.6) is 5.75 Å². The largest absolute Gasteiger partial charge is 0.497 e. The maximum absolute atomic E-state index is 5.68. The van der Waals surface area contributed by atoms with Gasteiger partial charge in [0.25, 0.3) is 0 Å². The van der Waals surface area contributed by atoms with Gasteiger partial charge < -0.3 is 14.2 Å². The van der Waals surface area contributed by atoms with Crippen LogP contribution in [-0.2, 0) is 16.1 Å². The molecule has 1 saturated heterocycles. The summed E-state index contributed by atoms with van der Waals surface area (Å²) >= 11 is 0. The Bertz CT molecular complexity index is 347. The predicted octanol–water partition coefficient (Wildman–Crippen LogP) is 2.64. The molecule has 1 fully saturated rings. The van der Waals surface area contributed by atoms with E-state index in [-0.39, 0.29) is 0 Å². The molecule has 1 aromatic rings. The Hall–Kier alpha value is -1.06. The van der Waals surface area contributed by atoms with Crippen molar-refractivity contribution in [3.63, 3.8) is 0 Å². The van der Waals surface area contributed by atoms with Gasteiger partial charge in [0.1, 0.15) is 5.75 Å². The number of ether oxygens (including phenoxy) is 3. The minimum absolute atomic E-state index is 0.394. The van der Waals surface area contributed by atoms with E-state index in [2.05, 4.69) is 13.8 Å². The first-order valence-corrected chi connectivity index (χ1v) is 6.07. The Morgan fingerprint density at radius 1 is 1.29 bits per heavy atom. The molecule has 3 nitrogen and oxygen atoms in total. The summed E-state index contributed by atoms with van der Waals surface area (Å²) in [6.45, 7) is 5.67. The summed E-state index contributed by atoms with van der Waals surface area (Å²) in [6.07, 6.45) is 0.806. The van der Waals surface area contributed by atoms with Crippen molar-refractivity contribution in [2.24, 2.45) is 5.92 Å². The number of methoxy groups -OCH3 is 1. The van der Waals surface area contributed by atoms with Gasteiger partial charge in [0, 0.05) is 5.92 Å². The van der Waals surface area contributed by atoms with Gasteiger partial charge in [0.15, 0.2) is 0 Å². The highest BCUT2D eigenvalue weighted by molar-refractivity contribution is 5.26. The maximum Gasteiger partial charge on any atom is 0.118 e. The lowest BCUT2D eigenvalue weighted by atomic mass is 10.1. The van der Waals surface area contributed by atoms with Crippen molar-refractivity contribution < 1.29 is 14.2 Å². The quantitative estimate of drug-likeness (QED) is 0.711. The third-order valence-electron chi connectivity index (χ3n) is 3.13. The zero-order valence-electron chi connectivity index (χ0n) is 10.7. The van der Waals surface area contributed by atoms with E-state index in [9.17, 15) is 0 Å². The summed E-state index contributed by atoms with van der Waals surface area (Å²) in [7, 11) is 1.67. The molecule has 0 radical (unpaired) electrons. The highest BCUT2D eigenvalue weighted by Gasteiger charge is 2.38. The second-order valence-electron chi connectivity index (χ2n) is 4.65. The standard InChI is InChI=1S/C14H20O3/c1-10(14-11(2)17-14)8-16-9-12-4-6-13(15-3)7-5-12/h4-7,10-11,14H,8-9H2,1-3H3/t10?,11-,14-/m0/s1. The molecule has 1 heterocycles. The summed E-state index contributed by atoms with van der Waals surface area (Å²) < 4.78 is 16.2. The van der Waals surface area contributed by atoms with Crippen LogP contribution in [0.15, 0.2) is 24.3 Å². The molecule has 0 amide bonds. The van der Waals surface area contributed by atoms with Crippen LogP contribution in [0.3, 0.4) is 0 Å². The van der Waals surface area contributed by atoms with Crippen molar-refractivity contribution in [3.05, 3.63) is 29.8 Å². The lowest BCUT2D eigenvalue weighted by Gasteiger charge is -2.09. The summed E-state index contributed by atoms with van der Waals surface area (Å²) in [4.78, 5) is 0. The Morgan fingerprint density at radius 3 is 2.47 bits per heavy atom. The Labute approximate surface area is 103 Å². The van der Waals surface area contributed by atoms with Crippen LogP contribution < -0.4 is 4.74 Å². The van der Waals surface area contributed by atoms with Crippen LogP contribution in [-0.4, -0.2) is 25.9 Å². The van der Waals surface area contributed by atoms with Crippen molar-refractivity contribution in [2.75, 3.05) is 13.7 Å². The average molecular weight is 236 g/mol. The molecule has 1 aliphatic rings. The number of benzene rings is 1. The van der Waals surface area contributed by atoms with Gasteiger partial charge in [0.2, 0.25) is 0 Å². The fourth-order valence-corrected chi connectivity index (χ4v) is 1.98. The molecule has 3 atom stereocenters. The highest BCUT2D eigenvalue weighted by atomic mass is 16.6. The average Bonchev–Trinajstić information content (AvgIpc) is 3.07. The van der Waals surface area contributed by atoms with Crippen LogP contribution in [0.25, 0.3) is 0 Å². The van der Waals surface area contributed by atoms with E-state index < -0.39 is 0 Å². The van der Waals surface area contributed by atoms with Gasteiger partial charge in [-0.25, -0.2) is 0 Å². The first-order chi connectivity index (χ1) is 8.20. The molecule has 3 heteroatoms. The molecule has 17 heavy (non-hydrogen) atoms. The molecule has 0 aliphatic carbocycles. The molecule has 2 rings (SSSR count). The van der Waals surface area contributed by atoms with Gasteiger partial charge in [0.05, 0.1) is 32.5 Å². The van der Waals surface area contributed by atoms with Crippen molar-refractivity contribution in [2.45, 2.75) is 32.7 Å². The molecule has 1 unspecified atom stereocenters. The van der Waals surface area contributed by atoms with E-state index in [0.717, 1.165) is 12.4 Å². The van der Waals surface area contributed by atoms with Crippen molar-refractivity contribution in [1.82, 2.24) is 0 Å². The zero-order valence-corrected chi connectivity index (χ0v) is 10.7. The van der Waals surface area contributed by atoms with E-state index in [4.69, 9.17) is 14.2 Å². The number of rotatable bonds is 6. The summed E-state index contributed by atoms with van der Waals surface area (Å²) in [6, 6.07) is 7.96. The second-order valence-corrected chi connectivity index (χ2v) is 4.65. The van der Waals surface area contributed by atoms with Gasteiger partial charge in [-0.05, 0) is 24.6 Å². The van der Waals surface area contributed by atoms with Gasteiger partial charge in [-0.2, -0.15) is 0 Å². The Morgan fingerprint density at radius 2 is 1.94 bits per heavy atom. The summed E-state index contributed by atoms with van der Waals surface area (Å²) in [5.41, 5.74) is 1.17. The van der Waals surface area contributed by atoms with Gasteiger partial charge >= 0.3 is 0 Å². The molecular formula is C14H20O3. The van der Waals surface area contributed by atoms with E-state index in [1.54, 1.807) is 7.11 Å². The topological polar surface area (TPSA) is 31.0 Å². The first kappa shape index (κ1) is 12.4. The van der Waals surface area contributed by atoms with Crippen LogP contribution >= 0.6 is 0 Å². The molecule has 94 valence electrons. The molecule has 0 spiro atoms. The lowest BCUT2D eigenvalue weighted by Crippen LogP contribution is -2.13. The molecule has 0 saturated carbocycles. The zero-order chi connectivity index (χ0) is 12.3. The van der Waals surface area contributed by atoms with Crippen molar-refractivity contribution in [3.8, 4) is 5.75 Å². The number of hydrogen-bond acceptors (Lipinski definition) is 3. The minimum atomic E-state index is 0.394. The maximum atomic E-state index is 5.68. The third-order valence-corrected chi connectivity index (χ3v) is 3.13. The normalized spacial score (nSPS) is 24.4. The van der Waals surface area contributed by atoms with Crippen LogP contribution in [0.2, 0.25) is 0 Å². The molecule has 1 aromatic carbocycles. The predicted molar refractivity (Wildman–Crippen MR) is 66.1 cm³/mol.